The SMILES string of the molecule is CCNc1nc(Nc2ccc(-n3cnc(Cl)n3)c(OC)c2)nc2c1CN(CC(F)(F)F)CC2c1ccccc1. The van der Waals surface area contributed by atoms with Crippen LogP contribution in [-0.4, -0.2) is 62.6 Å². The summed E-state index contributed by atoms with van der Waals surface area (Å²) in [6.07, 6.45) is -2.84. The first-order valence-electron chi connectivity index (χ1n) is 12.3. The van der Waals surface area contributed by atoms with Gasteiger partial charge in [0.1, 0.15) is 23.6 Å². The van der Waals surface area contributed by atoms with Crippen molar-refractivity contribution >= 4 is 29.1 Å². The normalized spacial score (nSPS) is 15.6. The molecule has 2 N–H and O–H groups in total. The summed E-state index contributed by atoms with van der Waals surface area (Å²) in [6, 6.07) is 14.8. The van der Waals surface area contributed by atoms with E-state index in [9.17, 15) is 13.2 Å². The number of halogens is 4. The Morgan fingerprint density at radius 2 is 1.92 bits per heavy atom. The molecule has 0 saturated heterocycles. The van der Waals surface area contributed by atoms with Gasteiger partial charge in [0.25, 0.3) is 0 Å². The van der Waals surface area contributed by atoms with Crippen LogP contribution in [0.25, 0.3) is 5.69 Å². The number of aromatic nitrogens is 5. The highest BCUT2D eigenvalue weighted by Crippen LogP contribution is 2.37. The number of hydrogen-bond acceptors (Lipinski definition) is 8. The van der Waals surface area contributed by atoms with E-state index in [-0.39, 0.29) is 24.3 Å². The third-order valence-electron chi connectivity index (χ3n) is 6.29. The average Bonchev–Trinajstić information content (AvgIpc) is 3.34. The second kappa shape index (κ2) is 11.1. The van der Waals surface area contributed by atoms with E-state index in [1.807, 2.05) is 43.3 Å². The van der Waals surface area contributed by atoms with E-state index in [1.165, 1.54) is 23.0 Å². The van der Waals surface area contributed by atoms with Crippen LogP contribution in [0.4, 0.5) is 30.6 Å². The summed E-state index contributed by atoms with van der Waals surface area (Å²) < 4.78 is 47.2. The van der Waals surface area contributed by atoms with E-state index >= 15 is 0 Å². The summed E-state index contributed by atoms with van der Waals surface area (Å²) in [6.45, 7) is 1.71. The van der Waals surface area contributed by atoms with Crippen molar-refractivity contribution in [2.24, 2.45) is 0 Å². The lowest BCUT2D eigenvalue weighted by molar-refractivity contribution is -0.148. The van der Waals surface area contributed by atoms with Crippen LogP contribution in [0.5, 0.6) is 5.75 Å². The van der Waals surface area contributed by atoms with Gasteiger partial charge in [-0.15, -0.1) is 5.10 Å². The zero-order chi connectivity index (χ0) is 27.6. The molecule has 0 fully saturated rings. The van der Waals surface area contributed by atoms with Gasteiger partial charge < -0.3 is 15.4 Å². The largest absolute Gasteiger partial charge is 0.494 e. The van der Waals surface area contributed by atoms with Crippen LogP contribution in [0.3, 0.4) is 0 Å². The number of fused-ring (bicyclic) bond motifs is 1. The third-order valence-corrected chi connectivity index (χ3v) is 6.46. The number of rotatable bonds is 8. The Hall–Kier alpha value is -3.90. The molecule has 9 nitrogen and oxygen atoms in total. The number of alkyl halides is 3. The summed E-state index contributed by atoms with van der Waals surface area (Å²) in [7, 11) is 1.54. The molecular formula is C26H26ClF3N8O. The minimum atomic E-state index is -4.32. The molecule has 204 valence electrons. The van der Waals surface area contributed by atoms with Crippen LogP contribution >= 0.6 is 11.6 Å². The first kappa shape index (κ1) is 26.7. The molecule has 5 rings (SSSR count). The quantitative estimate of drug-likeness (QED) is 0.297. The Bertz CT molecular complexity index is 1450. The Labute approximate surface area is 228 Å². The monoisotopic (exact) mass is 558 g/mol. The van der Waals surface area contributed by atoms with Gasteiger partial charge >= 0.3 is 6.18 Å². The van der Waals surface area contributed by atoms with Crippen molar-refractivity contribution in [2.45, 2.75) is 25.6 Å². The van der Waals surface area contributed by atoms with Gasteiger partial charge in [0.05, 0.1) is 19.3 Å². The second-order valence-corrected chi connectivity index (χ2v) is 9.35. The number of methoxy groups -OCH3 is 1. The van der Waals surface area contributed by atoms with Crippen LogP contribution in [-0.2, 0) is 6.54 Å². The summed E-state index contributed by atoms with van der Waals surface area (Å²) >= 11 is 5.86. The van der Waals surface area contributed by atoms with E-state index in [0.717, 1.165) is 5.56 Å². The molecule has 2 aromatic carbocycles. The molecule has 0 bridgehead atoms. The topological polar surface area (TPSA) is 93.0 Å². The smallest absolute Gasteiger partial charge is 0.401 e. The maximum atomic E-state index is 13.4. The van der Waals surface area contributed by atoms with Gasteiger partial charge in [-0.1, -0.05) is 30.3 Å². The van der Waals surface area contributed by atoms with E-state index in [2.05, 4.69) is 25.7 Å². The summed E-state index contributed by atoms with van der Waals surface area (Å²) in [5.74, 6) is 0.954. The maximum Gasteiger partial charge on any atom is 0.401 e. The van der Waals surface area contributed by atoms with Gasteiger partial charge in [0, 0.05) is 42.9 Å². The Morgan fingerprint density at radius 1 is 1.13 bits per heavy atom. The van der Waals surface area contributed by atoms with E-state index in [4.69, 9.17) is 21.3 Å². The average molecular weight is 559 g/mol. The molecule has 39 heavy (non-hydrogen) atoms. The first-order valence-corrected chi connectivity index (χ1v) is 12.6. The summed E-state index contributed by atoms with van der Waals surface area (Å²) in [4.78, 5) is 14.8. The van der Waals surface area contributed by atoms with Gasteiger partial charge in [-0.3, -0.25) is 4.90 Å². The summed E-state index contributed by atoms with van der Waals surface area (Å²) in [5, 5.41) is 10.7. The highest BCUT2D eigenvalue weighted by molar-refractivity contribution is 6.28. The van der Waals surface area contributed by atoms with Crippen LogP contribution in [0, 0.1) is 0 Å². The number of nitrogens with zero attached hydrogens (tertiary/aromatic N) is 6. The van der Waals surface area contributed by atoms with Crippen molar-refractivity contribution in [3.63, 3.8) is 0 Å². The molecule has 0 saturated carbocycles. The number of hydrogen-bond donors (Lipinski definition) is 2. The molecular weight excluding hydrogens is 533 g/mol. The fourth-order valence-corrected chi connectivity index (χ4v) is 4.83. The van der Waals surface area contributed by atoms with Crippen LogP contribution in [0.2, 0.25) is 5.28 Å². The fourth-order valence-electron chi connectivity index (χ4n) is 4.70. The number of anilines is 3. The van der Waals surface area contributed by atoms with Crippen LogP contribution in [0.1, 0.15) is 29.7 Å². The number of ether oxygens (including phenoxy) is 1. The molecule has 13 heteroatoms. The van der Waals surface area contributed by atoms with Crippen molar-refractivity contribution in [3.8, 4) is 11.4 Å². The Kier molecular flexibility index (Phi) is 7.58. The lowest BCUT2D eigenvalue weighted by Gasteiger charge is -2.35. The van der Waals surface area contributed by atoms with Gasteiger partial charge in [-0.05, 0) is 36.2 Å². The predicted octanol–water partition coefficient (Wildman–Crippen LogP) is 5.40. The Balaban J connectivity index is 1.53. The van der Waals surface area contributed by atoms with E-state index in [1.54, 1.807) is 12.1 Å². The highest BCUT2D eigenvalue weighted by atomic mass is 35.5. The molecule has 0 amide bonds. The van der Waals surface area contributed by atoms with Crippen molar-refractivity contribution in [1.82, 2.24) is 29.6 Å². The molecule has 1 unspecified atom stereocenters. The maximum absolute atomic E-state index is 13.4. The second-order valence-electron chi connectivity index (χ2n) is 9.01. The molecule has 4 aromatic rings. The molecule has 2 aromatic heterocycles. The zero-order valence-electron chi connectivity index (χ0n) is 21.2. The van der Waals surface area contributed by atoms with Crippen molar-refractivity contribution in [1.29, 1.82) is 0 Å². The first-order chi connectivity index (χ1) is 18.7. The third kappa shape index (κ3) is 6.07. The minimum Gasteiger partial charge on any atom is -0.494 e. The van der Waals surface area contributed by atoms with Gasteiger partial charge in [0.2, 0.25) is 11.2 Å². The standard InChI is InChI=1S/C26H26ClF3N8O/c1-3-31-23-19-13-37(14-26(28,29)30)12-18(16-7-5-4-6-8-16)22(19)34-25(35-23)33-17-9-10-20(21(11-17)39-2)38-15-32-24(27)36-38/h4-11,15,18H,3,12-14H2,1-2H3,(H2,31,33,34,35). The molecule has 1 aliphatic heterocycles. The Morgan fingerprint density at radius 3 is 2.59 bits per heavy atom. The van der Waals surface area contributed by atoms with E-state index in [0.29, 0.717) is 46.7 Å². The number of nitrogens with one attached hydrogen (secondary N) is 2. The lowest BCUT2D eigenvalue weighted by Crippen LogP contribution is -2.41. The van der Waals surface area contributed by atoms with E-state index < -0.39 is 12.7 Å². The molecule has 0 aliphatic carbocycles. The lowest BCUT2D eigenvalue weighted by atomic mass is 9.88. The molecule has 3 heterocycles. The van der Waals surface area contributed by atoms with Crippen LogP contribution < -0.4 is 15.4 Å². The predicted molar refractivity (Wildman–Crippen MR) is 142 cm³/mol. The number of benzene rings is 2. The molecule has 0 spiro atoms. The zero-order valence-corrected chi connectivity index (χ0v) is 22.0. The van der Waals surface area contributed by atoms with Gasteiger partial charge in [-0.25, -0.2) is 14.6 Å². The van der Waals surface area contributed by atoms with Gasteiger partial charge in [-0.2, -0.15) is 18.2 Å². The molecule has 0 radical (unpaired) electrons. The van der Waals surface area contributed by atoms with Crippen LogP contribution in [0.15, 0.2) is 54.9 Å². The molecule has 1 aliphatic rings. The molecule has 1 atom stereocenters. The van der Waals surface area contributed by atoms with Gasteiger partial charge in [0.15, 0.2) is 0 Å². The van der Waals surface area contributed by atoms with Crippen molar-refractivity contribution in [2.75, 3.05) is 37.4 Å². The van der Waals surface area contributed by atoms with Crippen molar-refractivity contribution in [3.05, 3.63) is 77.0 Å². The van der Waals surface area contributed by atoms with Crippen molar-refractivity contribution < 1.29 is 17.9 Å². The minimum absolute atomic E-state index is 0.0871. The summed E-state index contributed by atoms with van der Waals surface area (Å²) in [5.41, 5.74) is 3.51. The fraction of sp³-hybridized carbons (Fsp3) is 0.308. The highest BCUT2D eigenvalue weighted by Gasteiger charge is 2.37.